The fourth-order valence-electron chi connectivity index (χ4n) is 2.07. The molecule has 1 atom stereocenters. The van der Waals surface area contributed by atoms with Crippen LogP contribution in [0, 0.1) is 0 Å². The number of hydrogen-bond acceptors (Lipinski definition) is 2. The Morgan fingerprint density at radius 3 is 2.67 bits per heavy atom. The third-order valence-corrected chi connectivity index (χ3v) is 2.90. The first kappa shape index (κ1) is 12.0. The van der Waals surface area contributed by atoms with Crippen LogP contribution in [0.3, 0.4) is 0 Å². The summed E-state index contributed by atoms with van der Waals surface area (Å²) < 4.78 is 5.52. The standard InChI is InChI=1S/C11H19NO3/c1-5-8(6-2)9-7-15-11(3,4)12(9)10(13)14/h5,9H,6-7H2,1-4H3,(H,13,14)/b8-5-. The number of hydrogen-bond donors (Lipinski definition) is 1. The van der Waals surface area contributed by atoms with Gasteiger partial charge in [0.15, 0.2) is 0 Å². The summed E-state index contributed by atoms with van der Waals surface area (Å²) >= 11 is 0. The second kappa shape index (κ2) is 4.23. The summed E-state index contributed by atoms with van der Waals surface area (Å²) in [5.41, 5.74) is 0.392. The molecular weight excluding hydrogens is 194 g/mol. The Hall–Kier alpha value is -1.03. The van der Waals surface area contributed by atoms with Gasteiger partial charge in [0.1, 0.15) is 5.72 Å². The summed E-state index contributed by atoms with van der Waals surface area (Å²) in [6, 6.07) is -0.132. The molecule has 1 N–H and O–H groups in total. The Kier molecular flexibility index (Phi) is 3.39. The Morgan fingerprint density at radius 1 is 1.67 bits per heavy atom. The Morgan fingerprint density at radius 2 is 2.27 bits per heavy atom. The molecule has 4 nitrogen and oxygen atoms in total. The molecule has 0 radical (unpaired) electrons. The minimum Gasteiger partial charge on any atom is -0.465 e. The molecule has 0 aromatic carbocycles. The van der Waals surface area contributed by atoms with Gasteiger partial charge < -0.3 is 9.84 Å². The molecule has 1 rings (SSSR count). The minimum atomic E-state index is -0.921. The van der Waals surface area contributed by atoms with Gasteiger partial charge in [0.25, 0.3) is 0 Å². The van der Waals surface area contributed by atoms with Crippen molar-refractivity contribution in [1.29, 1.82) is 0 Å². The zero-order chi connectivity index (χ0) is 11.6. The lowest BCUT2D eigenvalue weighted by Gasteiger charge is -2.31. The average Bonchev–Trinajstić information content (AvgIpc) is 2.44. The van der Waals surface area contributed by atoms with Crippen LogP contribution in [-0.2, 0) is 4.74 Å². The summed E-state index contributed by atoms with van der Waals surface area (Å²) in [7, 11) is 0. The fraction of sp³-hybridized carbons (Fsp3) is 0.727. The van der Waals surface area contributed by atoms with E-state index in [2.05, 4.69) is 0 Å². The molecule has 4 heteroatoms. The topological polar surface area (TPSA) is 49.8 Å². The number of rotatable bonds is 2. The van der Waals surface area contributed by atoms with Gasteiger partial charge in [-0.1, -0.05) is 13.0 Å². The monoisotopic (exact) mass is 213 g/mol. The van der Waals surface area contributed by atoms with Crippen molar-refractivity contribution >= 4 is 6.09 Å². The molecule has 0 saturated carbocycles. The molecule has 0 aromatic rings. The van der Waals surface area contributed by atoms with Crippen molar-refractivity contribution in [2.45, 2.75) is 45.9 Å². The quantitative estimate of drug-likeness (QED) is 0.717. The molecule has 0 bridgehead atoms. The van der Waals surface area contributed by atoms with Crippen LogP contribution in [0.2, 0.25) is 0 Å². The van der Waals surface area contributed by atoms with Crippen LogP contribution in [0.1, 0.15) is 34.1 Å². The van der Waals surface area contributed by atoms with Gasteiger partial charge in [0.05, 0.1) is 12.6 Å². The van der Waals surface area contributed by atoms with E-state index in [-0.39, 0.29) is 6.04 Å². The molecule has 1 unspecified atom stereocenters. The van der Waals surface area contributed by atoms with Gasteiger partial charge in [0, 0.05) is 0 Å². The van der Waals surface area contributed by atoms with Gasteiger partial charge in [-0.15, -0.1) is 0 Å². The number of allylic oxidation sites excluding steroid dienone is 1. The lowest BCUT2D eigenvalue weighted by molar-refractivity contribution is -0.0412. The van der Waals surface area contributed by atoms with Crippen molar-refractivity contribution in [3.05, 3.63) is 11.6 Å². The fourth-order valence-corrected chi connectivity index (χ4v) is 2.07. The second-order valence-electron chi connectivity index (χ2n) is 4.14. The predicted molar refractivity (Wildman–Crippen MR) is 57.7 cm³/mol. The van der Waals surface area contributed by atoms with Gasteiger partial charge >= 0.3 is 6.09 Å². The van der Waals surface area contributed by atoms with Crippen molar-refractivity contribution in [3.63, 3.8) is 0 Å². The van der Waals surface area contributed by atoms with Crippen LogP contribution < -0.4 is 0 Å². The summed E-state index contributed by atoms with van der Waals surface area (Å²) in [5, 5.41) is 9.18. The molecule has 1 saturated heterocycles. The molecule has 1 amide bonds. The normalized spacial score (nSPS) is 25.7. The highest BCUT2D eigenvalue weighted by atomic mass is 16.5. The molecule has 0 aromatic heterocycles. The van der Waals surface area contributed by atoms with Gasteiger partial charge in [-0.3, -0.25) is 4.90 Å². The zero-order valence-electron chi connectivity index (χ0n) is 9.78. The maximum Gasteiger partial charge on any atom is 0.410 e. The molecule has 0 spiro atoms. The van der Waals surface area contributed by atoms with E-state index in [0.29, 0.717) is 6.61 Å². The predicted octanol–water partition coefficient (Wildman–Crippen LogP) is 2.46. The molecule has 1 aliphatic heterocycles. The summed E-state index contributed by atoms with van der Waals surface area (Å²) in [6.07, 6.45) is 1.91. The molecule has 86 valence electrons. The van der Waals surface area contributed by atoms with E-state index in [1.165, 1.54) is 4.90 Å². The molecule has 0 aliphatic carbocycles. The van der Waals surface area contributed by atoms with Crippen LogP contribution in [0.25, 0.3) is 0 Å². The van der Waals surface area contributed by atoms with E-state index in [9.17, 15) is 9.90 Å². The maximum absolute atomic E-state index is 11.2. The van der Waals surface area contributed by atoms with Crippen molar-refractivity contribution in [1.82, 2.24) is 4.90 Å². The van der Waals surface area contributed by atoms with E-state index >= 15 is 0 Å². The molecule has 1 aliphatic rings. The third kappa shape index (κ3) is 2.15. The highest BCUT2D eigenvalue weighted by Crippen LogP contribution is 2.31. The number of carboxylic acid groups (broad SMARTS) is 1. The van der Waals surface area contributed by atoms with E-state index in [1.54, 1.807) is 13.8 Å². The van der Waals surface area contributed by atoms with Crippen molar-refractivity contribution in [2.24, 2.45) is 0 Å². The Bertz CT molecular complexity index is 284. The SMILES string of the molecule is C/C=C(/CC)C1COC(C)(C)N1C(=O)O. The van der Waals surface area contributed by atoms with E-state index in [0.717, 1.165) is 12.0 Å². The highest BCUT2D eigenvalue weighted by molar-refractivity contribution is 5.67. The first-order chi connectivity index (χ1) is 6.94. The number of carbonyl (C=O) groups is 1. The van der Waals surface area contributed by atoms with E-state index < -0.39 is 11.8 Å². The molecule has 1 heterocycles. The lowest BCUT2D eigenvalue weighted by atomic mass is 10.0. The number of amides is 1. The van der Waals surface area contributed by atoms with Crippen molar-refractivity contribution in [2.75, 3.05) is 6.61 Å². The average molecular weight is 213 g/mol. The highest BCUT2D eigenvalue weighted by Gasteiger charge is 2.44. The van der Waals surface area contributed by atoms with Crippen LogP contribution in [0.4, 0.5) is 4.79 Å². The Balaban J connectivity index is 2.97. The largest absolute Gasteiger partial charge is 0.465 e. The smallest absolute Gasteiger partial charge is 0.410 e. The number of ether oxygens (including phenoxy) is 1. The molecule has 1 fully saturated rings. The van der Waals surface area contributed by atoms with E-state index in [4.69, 9.17) is 4.74 Å². The minimum absolute atomic E-state index is 0.132. The van der Waals surface area contributed by atoms with E-state index in [1.807, 2.05) is 19.9 Å². The van der Waals surface area contributed by atoms with Crippen molar-refractivity contribution < 1.29 is 14.6 Å². The summed E-state index contributed by atoms with van der Waals surface area (Å²) in [6.45, 7) is 7.98. The van der Waals surface area contributed by atoms with Crippen molar-refractivity contribution in [3.8, 4) is 0 Å². The van der Waals surface area contributed by atoms with Crippen LogP contribution in [0.15, 0.2) is 11.6 Å². The molecule has 15 heavy (non-hydrogen) atoms. The summed E-state index contributed by atoms with van der Waals surface area (Å²) in [5.74, 6) is 0. The third-order valence-electron chi connectivity index (χ3n) is 2.90. The zero-order valence-corrected chi connectivity index (χ0v) is 9.78. The first-order valence-corrected chi connectivity index (χ1v) is 5.25. The maximum atomic E-state index is 11.2. The summed E-state index contributed by atoms with van der Waals surface area (Å²) in [4.78, 5) is 12.6. The van der Waals surface area contributed by atoms with Crippen LogP contribution in [0.5, 0.6) is 0 Å². The first-order valence-electron chi connectivity index (χ1n) is 5.25. The van der Waals surface area contributed by atoms with Gasteiger partial charge in [-0.05, 0) is 32.8 Å². The van der Waals surface area contributed by atoms with Crippen LogP contribution in [-0.4, -0.2) is 34.5 Å². The second-order valence-corrected chi connectivity index (χ2v) is 4.14. The van der Waals surface area contributed by atoms with Crippen LogP contribution >= 0.6 is 0 Å². The lowest BCUT2D eigenvalue weighted by Crippen LogP contribution is -2.47. The van der Waals surface area contributed by atoms with Gasteiger partial charge in [-0.25, -0.2) is 4.79 Å². The number of nitrogens with zero attached hydrogens (tertiary/aromatic N) is 1. The van der Waals surface area contributed by atoms with Gasteiger partial charge in [-0.2, -0.15) is 0 Å². The molecular formula is C11H19NO3. The van der Waals surface area contributed by atoms with Gasteiger partial charge in [0.2, 0.25) is 0 Å². The Labute approximate surface area is 90.5 Å².